The molecule has 0 aliphatic carbocycles. The van der Waals surface area contributed by atoms with E-state index < -0.39 is 0 Å². The van der Waals surface area contributed by atoms with Crippen molar-refractivity contribution in [3.8, 4) is 0 Å². The lowest BCUT2D eigenvalue weighted by Gasteiger charge is -2.28. The highest BCUT2D eigenvalue weighted by molar-refractivity contribution is 8.13. The topological polar surface area (TPSA) is 54.6 Å². The molecule has 0 atom stereocenters. The number of hydrogen-bond donors (Lipinski definition) is 1. The molecule has 24 heavy (non-hydrogen) atoms. The summed E-state index contributed by atoms with van der Waals surface area (Å²) in [5.41, 5.74) is 2.24. The molecule has 4 nitrogen and oxygen atoms in total. The van der Waals surface area contributed by atoms with Crippen LogP contribution in [0, 0.1) is 12.3 Å². The van der Waals surface area contributed by atoms with Crippen LogP contribution >= 0.6 is 35.8 Å². The molecule has 7 heteroatoms. The number of hydrogen-bond acceptors (Lipinski definition) is 5. The van der Waals surface area contributed by atoms with Crippen LogP contribution in [0.1, 0.15) is 25.0 Å². The number of nitrogens with one attached hydrogen (secondary N) is 1. The predicted molar refractivity (Wildman–Crippen MR) is 105 cm³/mol. The first-order chi connectivity index (χ1) is 10.8. The highest BCUT2D eigenvalue weighted by Gasteiger charge is 2.22. The minimum absolute atomic E-state index is 0. The lowest BCUT2D eigenvalue weighted by atomic mass is 9.93. The third kappa shape index (κ3) is 4.26. The smallest absolute Gasteiger partial charge is 0.336 e. The number of rotatable bonds is 2. The molecule has 130 valence electrons. The first-order valence-corrected chi connectivity index (χ1v) is 8.84. The van der Waals surface area contributed by atoms with Crippen molar-refractivity contribution in [2.75, 3.05) is 13.1 Å². The van der Waals surface area contributed by atoms with Crippen LogP contribution in [0.2, 0.25) is 5.02 Å². The normalized spacial score (nSPS) is 16.2. The molecule has 3 rings (SSSR count). The molecule has 1 aromatic heterocycles. The van der Waals surface area contributed by atoms with Gasteiger partial charge in [-0.2, -0.15) is 0 Å². The molecule has 0 spiro atoms. The molecular weight excluding hydrogens is 367 g/mol. The van der Waals surface area contributed by atoms with Gasteiger partial charge in [-0.25, -0.2) is 4.79 Å². The Morgan fingerprint density at radius 3 is 2.79 bits per heavy atom. The molecule has 0 radical (unpaired) electrons. The summed E-state index contributed by atoms with van der Waals surface area (Å²) in [6.07, 6.45) is 0. The Morgan fingerprint density at radius 1 is 1.38 bits per heavy atom. The van der Waals surface area contributed by atoms with Gasteiger partial charge in [-0.05, 0) is 30.2 Å². The number of aryl methyl sites for hydroxylation is 1. The van der Waals surface area contributed by atoms with Crippen molar-refractivity contribution in [2.24, 2.45) is 10.4 Å². The van der Waals surface area contributed by atoms with Gasteiger partial charge < -0.3 is 9.73 Å². The third-order valence-corrected chi connectivity index (χ3v) is 5.25. The van der Waals surface area contributed by atoms with Crippen molar-refractivity contribution in [1.29, 1.82) is 0 Å². The fourth-order valence-electron chi connectivity index (χ4n) is 2.42. The highest BCUT2D eigenvalue weighted by Crippen LogP contribution is 2.28. The standard InChI is InChI=1S/C17H19ClN2O2S.ClH/c1-10-4-14-12(6-13(10)18)11(5-15(21)22-14)7-23-16-19-8-17(2,3)9-20-16;/h4-6H,7-9H2,1-3H3,(H,19,20);1H. The Kier molecular flexibility index (Phi) is 5.89. The van der Waals surface area contributed by atoms with Gasteiger partial charge in [0.2, 0.25) is 0 Å². The molecule has 0 saturated carbocycles. The number of halogens is 2. The van der Waals surface area contributed by atoms with E-state index in [9.17, 15) is 4.79 Å². The first-order valence-electron chi connectivity index (χ1n) is 7.48. The summed E-state index contributed by atoms with van der Waals surface area (Å²) in [6, 6.07) is 5.21. The average molecular weight is 387 g/mol. The van der Waals surface area contributed by atoms with Gasteiger partial charge in [0.1, 0.15) is 5.58 Å². The quantitative estimate of drug-likeness (QED) is 0.777. The van der Waals surface area contributed by atoms with Gasteiger partial charge >= 0.3 is 5.63 Å². The first kappa shape index (κ1) is 19.2. The minimum atomic E-state index is -0.338. The lowest BCUT2D eigenvalue weighted by molar-refractivity contribution is 0.364. The zero-order chi connectivity index (χ0) is 16.6. The van der Waals surface area contributed by atoms with Crippen LogP contribution < -0.4 is 10.9 Å². The number of nitrogens with zero attached hydrogens (tertiary/aromatic N) is 1. The van der Waals surface area contributed by atoms with Crippen molar-refractivity contribution in [2.45, 2.75) is 26.5 Å². The van der Waals surface area contributed by atoms with Gasteiger partial charge in [0, 0.05) is 40.7 Å². The molecule has 0 bridgehead atoms. The Labute approximate surface area is 156 Å². The van der Waals surface area contributed by atoms with E-state index in [1.54, 1.807) is 11.8 Å². The molecule has 0 fully saturated rings. The van der Waals surface area contributed by atoms with Gasteiger partial charge in [-0.3, -0.25) is 4.99 Å². The second-order valence-corrected chi connectivity index (χ2v) is 7.99. The summed E-state index contributed by atoms with van der Waals surface area (Å²) in [5.74, 6) is 0.647. The van der Waals surface area contributed by atoms with E-state index in [1.165, 1.54) is 6.07 Å². The highest BCUT2D eigenvalue weighted by atomic mass is 35.5. The van der Waals surface area contributed by atoms with Gasteiger partial charge in [0.15, 0.2) is 5.17 Å². The number of benzene rings is 1. The maximum absolute atomic E-state index is 11.8. The number of aliphatic imine (C=N–C) groups is 1. The Morgan fingerprint density at radius 2 is 2.12 bits per heavy atom. The fraction of sp³-hybridized carbons (Fsp3) is 0.412. The van der Waals surface area contributed by atoms with Crippen LogP contribution in [0.25, 0.3) is 11.0 Å². The predicted octanol–water partition coefficient (Wildman–Crippen LogP) is 4.40. The van der Waals surface area contributed by atoms with Crippen LogP contribution in [-0.2, 0) is 5.75 Å². The summed E-state index contributed by atoms with van der Waals surface area (Å²) < 4.78 is 5.29. The Balaban J connectivity index is 0.00000208. The summed E-state index contributed by atoms with van der Waals surface area (Å²) in [5, 5.41) is 5.82. The van der Waals surface area contributed by atoms with Gasteiger partial charge in [0.25, 0.3) is 0 Å². The molecule has 1 aliphatic heterocycles. The second-order valence-electron chi connectivity index (χ2n) is 6.62. The number of thioether (sulfide) groups is 1. The second kappa shape index (κ2) is 7.38. The van der Waals surface area contributed by atoms with E-state index >= 15 is 0 Å². The molecular formula is C17H20Cl2N2O2S. The molecule has 1 N–H and O–H groups in total. The fourth-order valence-corrected chi connectivity index (χ4v) is 3.45. The van der Waals surface area contributed by atoms with Crippen molar-refractivity contribution in [3.63, 3.8) is 0 Å². The lowest BCUT2D eigenvalue weighted by Crippen LogP contribution is -2.39. The van der Waals surface area contributed by atoms with Crippen molar-refractivity contribution < 1.29 is 4.42 Å². The Hall–Kier alpha value is -1.17. The number of amidine groups is 1. The van der Waals surface area contributed by atoms with Crippen molar-refractivity contribution in [1.82, 2.24) is 5.32 Å². The monoisotopic (exact) mass is 386 g/mol. The van der Waals surface area contributed by atoms with E-state index in [4.69, 9.17) is 16.0 Å². The zero-order valence-electron chi connectivity index (χ0n) is 13.8. The maximum Gasteiger partial charge on any atom is 0.336 e. The molecule has 2 heterocycles. The van der Waals surface area contributed by atoms with Crippen LogP contribution in [-0.4, -0.2) is 18.3 Å². The third-order valence-electron chi connectivity index (χ3n) is 3.84. The molecule has 1 aromatic carbocycles. The Bertz CT molecular complexity index is 846. The van der Waals surface area contributed by atoms with Crippen LogP contribution in [0.4, 0.5) is 0 Å². The van der Waals surface area contributed by atoms with Gasteiger partial charge in [0.05, 0.1) is 0 Å². The SMILES string of the molecule is Cc1cc2oc(=O)cc(CSC3=NCC(C)(C)CN3)c2cc1Cl.Cl. The van der Waals surface area contributed by atoms with E-state index in [0.29, 0.717) is 16.4 Å². The summed E-state index contributed by atoms with van der Waals surface area (Å²) >= 11 is 7.82. The van der Waals surface area contributed by atoms with Crippen LogP contribution in [0.15, 0.2) is 32.4 Å². The van der Waals surface area contributed by atoms with E-state index in [2.05, 4.69) is 24.2 Å². The van der Waals surface area contributed by atoms with E-state index in [1.807, 2.05) is 19.1 Å². The van der Waals surface area contributed by atoms with Gasteiger partial charge in [-0.1, -0.05) is 37.2 Å². The molecule has 0 amide bonds. The summed E-state index contributed by atoms with van der Waals surface area (Å²) in [4.78, 5) is 16.4. The van der Waals surface area contributed by atoms with Gasteiger partial charge in [-0.15, -0.1) is 12.4 Å². The molecule has 1 aliphatic rings. The van der Waals surface area contributed by atoms with Crippen molar-refractivity contribution >= 4 is 51.9 Å². The van der Waals surface area contributed by atoms with Crippen LogP contribution in [0.3, 0.4) is 0 Å². The summed E-state index contributed by atoms with van der Waals surface area (Å²) in [6.45, 7) is 7.98. The minimum Gasteiger partial charge on any atom is -0.423 e. The molecule has 0 saturated heterocycles. The van der Waals surface area contributed by atoms with E-state index in [-0.39, 0.29) is 23.4 Å². The van der Waals surface area contributed by atoms with Crippen LogP contribution in [0.5, 0.6) is 0 Å². The molecule has 2 aromatic rings. The van der Waals surface area contributed by atoms with Crippen molar-refractivity contribution in [3.05, 3.63) is 44.8 Å². The number of fused-ring (bicyclic) bond motifs is 1. The maximum atomic E-state index is 11.8. The largest absolute Gasteiger partial charge is 0.423 e. The molecule has 0 unspecified atom stereocenters. The zero-order valence-corrected chi connectivity index (χ0v) is 16.2. The average Bonchev–Trinajstić information content (AvgIpc) is 2.48. The summed E-state index contributed by atoms with van der Waals surface area (Å²) in [7, 11) is 0. The van der Waals surface area contributed by atoms with E-state index in [0.717, 1.165) is 34.8 Å².